The van der Waals surface area contributed by atoms with Crippen molar-refractivity contribution >= 4 is 40.4 Å². The minimum absolute atomic E-state index is 0.122. The first kappa shape index (κ1) is 19.3. The number of aliphatic carboxylic acids is 1. The second-order valence-corrected chi connectivity index (χ2v) is 7.70. The molecule has 0 unspecified atom stereocenters. The number of ketones is 1. The van der Waals surface area contributed by atoms with E-state index in [-0.39, 0.29) is 25.2 Å². The molecule has 0 aliphatic carbocycles. The van der Waals surface area contributed by atoms with E-state index in [9.17, 15) is 24.6 Å². The van der Waals surface area contributed by atoms with E-state index in [0.29, 0.717) is 12.0 Å². The predicted octanol–water partition coefficient (Wildman–Crippen LogP) is 4.13. The minimum Gasteiger partial charge on any atom is -0.479 e. The lowest BCUT2D eigenvalue weighted by Gasteiger charge is -2.32. The molecule has 140 valence electrons. The molecule has 27 heavy (non-hydrogen) atoms. The molecule has 6 nitrogen and oxygen atoms in total. The van der Waals surface area contributed by atoms with Crippen molar-refractivity contribution in [1.29, 1.82) is 0 Å². The number of halogens is 1. The van der Waals surface area contributed by atoms with Crippen molar-refractivity contribution in [2.24, 2.45) is 0 Å². The van der Waals surface area contributed by atoms with Gasteiger partial charge in [0, 0.05) is 22.1 Å². The van der Waals surface area contributed by atoms with Gasteiger partial charge in [0.1, 0.15) is 0 Å². The van der Waals surface area contributed by atoms with Gasteiger partial charge in [0.25, 0.3) is 0 Å². The highest BCUT2D eigenvalue weighted by Crippen LogP contribution is 2.35. The number of likely N-dealkylation sites (tertiary alicyclic amines) is 1. The fraction of sp³-hybridized carbons (Fsp3) is 0.250. The van der Waals surface area contributed by atoms with Crippen LogP contribution in [0.15, 0.2) is 48.5 Å². The number of carbonyl (C=O) groups is 3. The summed E-state index contributed by atoms with van der Waals surface area (Å²) >= 11 is 2.19. The van der Waals surface area contributed by atoms with Gasteiger partial charge in [-0.2, -0.15) is 0 Å². The van der Waals surface area contributed by atoms with Crippen LogP contribution in [-0.2, 0) is 4.79 Å². The second-order valence-electron chi connectivity index (χ2n) is 6.54. The van der Waals surface area contributed by atoms with Crippen LogP contribution in [0.4, 0.5) is 4.79 Å². The fourth-order valence-corrected chi connectivity index (χ4v) is 4.19. The van der Waals surface area contributed by atoms with E-state index >= 15 is 0 Å². The summed E-state index contributed by atoms with van der Waals surface area (Å²) in [5.74, 6) is -1.65. The highest BCUT2D eigenvalue weighted by molar-refractivity contribution is 14.1. The number of rotatable bonds is 5. The quantitative estimate of drug-likeness (QED) is 0.497. The Bertz CT molecular complexity index is 899. The first-order valence-corrected chi connectivity index (χ1v) is 9.55. The maximum absolute atomic E-state index is 12.9. The minimum atomic E-state index is -1.70. The van der Waals surface area contributed by atoms with Crippen molar-refractivity contribution in [2.45, 2.75) is 24.8 Å². The van der Waals surface area contributed by atoms with E-state index in [1.54, 1.807) is 12.1 Å². The van der Waals surface area contributed by atoms with Crippen LogP contribution in [0.5, 0.6) is 0 Å². The van der Waals surface area contributed by atoms with Gasteiger partial charge in [-0.25, -0.2) is 9.59 Å². The Morgan fingerprint density at radius 3 is 2.41 bits per heavy atom. The third kappa shape index (κ3) is 3.69. The SMILES string of the molecule is O=C(C[C@]1(C(=O)O)CCCN1C(=O)O)c1ccc(I)c(-c2ccccc2)c1. The lowest BCUT2D eigenvalue weighted by molar-refractivity contribution is -0.148. The summed E-state index contributed by atoms with van der Waals surface area (Å²) in [6, 6.07) is 14.8. The third-order valence-corrected chi connectivity index (χ3v) is 5.88. The predicted molar refractivity (Wildman–Crippen MR) is 108 cm³/mol. The Hall–Kier alpha value is -2.42. The van der Waals surface area contributed by atoms with E-state index < -0.39 is 17.6 Å². The van der Waals surface area contributed by atoms with Crippen LogP contribution < -0.4 is 0 Å². The van der Waals surface area contributed by atoms with Crippen LogP contribution in [0, 0.1) is 3.57 Å². The van der Waals surface area contributed by atoms with E-state index in [2.05, 4.69) is 22.6 Å². The normalized spacial score (nSPS) is 19.1. The van der Waals surface area contributed by atoms with Crippen molar-refractivity contribution in [2.75, 3.05) is 6.54 Å². The van der Waals surface area contributed by atoms with Gasteiger partial charge < -0.3 is 10.2 Å². The lowest BCUT2D eigenvalue weighted by Crippen LogP contribution is -2.53. The molecule has 1 fully saturated rings. The molecule has 3 rings (SSSR count). The van der Waals surface area contributed by atoms with Crippen LogP contribution in [0.25, 0.3) is 11.1 Å². The molecular weight excluding hydrogens is 461 g/mol. The number of benzene rings is 2. The first-order valence-electron chi connectivity index (χ1n) is 8.47. The Kier molecular flexibility index (Phi) is 5.50. The topological polar surface area (TPSA) is 94.9 Å². The molecule has 0 spiro atoms. The summed E-state index contributed by atoms with van der Waals surface area (Å²) in [4.78, 5) is 37.1. The molecular formula is C20H18INO5. The largest absolute Gasteiger partial charge is 0.479 e. The molecule has 2 aromatic carbocycles. The van der Waals surface area contributed by atoms with Crippen LogP contribution in [0.2, 0.25) is 0 Å². The van der Waals surface area contributed by atoms with Gasteiger partial charge in [-0.1, -0.05) is 36.4 Å². The van der Waals surface area contributed by atoms with Crippen LogP contribution >= 0.6 is 22.6 Å². The van der Waals surface area contributed by atoms with Crippen molar-refractivity contribution in [3.05, 3.63) is 57.7 Å². The Morgan fingerprint density at radius 1 is 1.07 bits per heavy atom. The highest BCUT2D eigenvalue weighted by Gasteiger charge is 2.51. The number of carbonyl (C=O) groups excluding carboxylic acids is 1. The summed E-state index contributed by atoms with van der Waals surface area (Å²) in [5.41, 5.74) is 0.524. The number of hydrogen-bond acceptors (Lipinski definition) is 3. The highest BCUT2D eigenvalue weighted by atomic mass is 127. The average Bonchev–Trinajstić information content (AvgIpc) is 3.08. The summed E-state index contributed by atoms with van der Waals surface area (Å²) < 4.78 is 0.969. The maximum Gasteiger partial charge on any atom is 0.408 e. The Morgan fingerprint density at radius 2 is 1.78 bits per heavy atom. The van der Waals surface area contributed by atoms with E-state index in [1.165, 1.54) is 0 Å². The molecule has 0 saturated carbocycles. The molecule has 0 aromatic heterocycles. The third-order valence-electron chi connectivity index (χ3n) is 4.94. The first-order chi connectivity index (χ1) is 12.8. The number of carboxylic acid groups (broad SMARTS) is 2. The van der Waals surface area contributed by atoms with Crippen LogP contribution in [-0.4, -0.2) is 45.0 Å². The van der Waals surface area contributed by atoms with E-state index in [1.807, 2.05) is 36.4 Å². The van der Waals surface area contributed by atoms with Gasteiger partial charge >= 0.3 is 12.1 Å². The summed E-state index contributed by atoms with van der Waals surface area (Å²) in [6.07, 6.45) is -1.12. The number of Topliss-reactive ketones (excluding diaryl/α,β-unsaturated/α-hetero) is 1. The zero-order chi connectivity index (χ0) is 19.6. The van der Waals surface area contributed by atoms with Gasteiger partial charge in [-0.3, -0.25) is 9.69 Å². The molecule has 1 aliphatic rings. The van der Waals surface area contributed by atoms with Crippen molar-refractivity contribution in [1.82, 2.24) is 4.90 Å². The Balaban J connectivity index is 1.94. The monoisotopic (exact) mass is 479 g/mol. The standard InChI is InChI=1S/C20H18INO5/c21-16-8-7-14(11-15(16)13-5-2-1-3-6-13)17(23)12-20(18(24)25)9-4-10-22(20)19(26)27/h1-3,5-8,11H,4,9-10,12H2,(H,24,25)(H,26,27)/t20-/m0/s1. The molecule has 1 aliphatic heterocycles. The van der Waals surface area contributed by atoms with Gasteiger partial charge in [0.15, 0.2) is 11.3 Å². The van der Waals surface area contributed by atoms with Gasteiger partial charge in [0.2, 0.25) is 0 Å². The zero-order valence-electron chi connectivity index (χ0n) is 14.4. The molecule has 0 bridgehead atoms. The number of hydrogen-bond donors (Lipinski definition) is 2. The van der Waals surface area contributed by atoms with Crippen molar-refractivity contribution < 1.29 is 24.6 Å². The summed E-state index contributed by atoms with van der Waals surface area (Å²) in [6.45, 7) is 0.122. The van der Waals surface area contributed by atoms with E-state index in [0.717, 1.165) is 19.6 Å². The molecule has 2 aromatic rings. The average molecular weight is 479 g/mol. The fourth-order valence-electron chi connectivity index (χ4n) is 3.54. The number of nitrogens with zero attached hydrogens (tertiary/aromatic N) is 1. The number of amides is 1. The molecule has 1 atom stereocenters. The molecule has 1 heterocycles. The van der Waals surface area contributed by atoms with Gasteiger partial charge in [-0.15, -0.1) is 0 Å². The molecule has 1 amide bonds. The summed E-state index contributed by atoms with van der Waals surface area (Å²) in [7, 11) is 0. The van der Waals surface area contributed by atoms with Gasteiger partial charge in [0.05, 0.1) is 0 Å². The second kappa shape index (κ2) is 7.67. The van der Waals surface area contributed by atoms with Crippen molar-refractivity contribution in [3.8, 4) is 11.1 Å². The zero-order valence-corrected chi connectivity index (χ0v) is 16.5. The number of carboxylic acids is 1. The Labute approximate surface area is 169 Å². The molecule has 7 heteroatoms. The van der Waals surface area contributed by atoms with Crippen LogP contribution in [0.3, 0.4) is 0 Å². The molecule has 2 N–H and O–H groups in total. The smallest absolute Gasteiger partial charge is 0.408 e. The summed E-state index contributed by atoms with van der Waals surface area (Å²) in [5, 5.41) is 19.1. The van der Waals surface area contributed by atoms with Crippen LogP contribution in [0.1, 0.15) is 29.6 Å². The maximum atomic E-state index is 12.9. The molecule has 0 radical (unpaired) electrons. The van der Waals surface area contributed by atoms with Crippen molar-refractivity contribution in [3.63, 3.8) is 0 Å². The van der Waals surface area contributed by atoms with E-state index in [4.69, 9.17) is 0 Å². The lowest BCUT2D eigenvalue weighted by atomic mass is 9.87. The molecule has 1 saturated heterocycles. The van der Waals surface area contributed by atoms with Gasteiger partial charge in [-0.05, 0) is 58.7 Å².